The Morgan fingerprint density at radius 2 is 1.75 bits per heavy atom. The van der Waals surface area contributed by atoms with Gasteiger partial charge in [-0.2, -0.15) is 0 Å². The van der Waals surface area contributed by atoms with E-state index in [4.69, 9.17) is 9.47 Å². The molecule has 0 saturated heterocycles. The number of rotatable bonds is 5. The summed E-state index contributed by atoms with van der Waals surface area (Å²) in [6.07, 6.45) is -0.674. The van der Waals surface area contributed by atoms with Gasteiger partial charge in [0.1, 0.15) is 5.75 Å². The van der Waals surface area contributed by atoms with Crippen LogP contribution in [0.1, 0.15) is 28.4 Å². The smallest absolute Gasteiger partial charge is 0.337 e. The first-order valence-electron chi connectivity index (χ1n) is 7.64. The lowest BCUT2D eigenvalue weighted by atomic mass is 10.1. The van der Waals surface area contributed by atoms with Crippen molar-refractivity contribution in [3.8, 4) is 5.75 Å². The van der Waals surface area contributed by atoms with E-state index in [1.54, 1.807) is 25.1 Å². The first kappa shape index (κ1) is 17.5. The van der Waals surface area contributed by atoms with Gasteiger partial charge in [-0.15, -0.1) is 0 Å². The van der Waals surface area contributed by atoms with Crippen LogP contribution in [-0.4, -0.2) is 25.1 Å². The van der Waals surface area contributed by atoms with Crippen LogP contribution in [0.15, 0.2) is 42.5 Å². The lowest BCUT2D eigenvalue weighted by molar-refractivity contribution is -0.122. The van der Waals surface area contributed by atoms with Gasteiger partial charge in [-0.1, -0.05) is 24.3 Å². The molecule has 0 bridgehead atoms. The van der Waals surface area contributed by atoms with Crippen LogP contribution in [0, 0.1) is 13.8 Å². The van der Waals surface area contributed by atoms with E-state index in [1.807, 2.05) is 38.1 Å². The average Bonchev–Trinajstić information content (AvgIpc) is 2.58. The summed E-state index contributed by atoms with van der Waals surface area (Å²) >= 11 is 0. The Bertz CT molecular complexity index is 755. The van der Waals surface area contributed by atoms with Gasteiger partial charge in [-0.05, 0) is 50.1 Å². The summed E-state index contributed by atoms with van der Waals surface area (Å²) in [5, 5.41) is 2.80. The summed E-state index contributed by atoms with van der Waals surface area (Å²) in [5.41, 5.74) is 2.74. The first-order chi connectivity index (χ1) is 11.4. The third kappa shape index (κ3) is 4.13. The van der Waals surface area contributed by atoms with Crippen molar-refractivity contribution in [1.29, 1.82) is 0 Å². The zero-order chi connectivity index (χ0) is 17.7. The van der Waals surface area contributed by atoms with Gasteiger partial charge in [0.25, 0.3) is 5.91 Å². The molecule has 0 heterocycles. The standard InChI is InChI=1S/C19H21NO4/c1-12-9-10-15(19(22)23-4)11-16(12)20-18(21)14(3)24-17-8-6-5-7-13(17)2/h5-11,14H,1-4H3,(H,20,21)/t14-/m0/s1. The van der Waals surface area contributed by atoms with Crippen molar-refractivity contribution in [2.45, 2.75) is 26.9 Å². The Morgan fingerprint density at radius 1 is 1.04 bits per heavy atom. The molecule has 0 aliphatic heterocycles. The van der Waals surface area contributed by atoms with Crippen LogP contribution in [-0.2, 0) is 9.53 Å². The minimum Gasteiger partial charge on any atom is -0.481 e. The molecule has 1 N–H and O–H groups in total. The zero-order valence-corrected chi connectivity index (χ0v) is 14.3. The minimum atomic E-state index is -0.674. The SMILES string of the molecule is COC(=O)c1ccc(C)c(NC(=O)[C@H](C)Oc2ccccc2C)c1. The minimum absolute atomic E-state index is 0.289. The molecule has 0 fully saturated rings. The van der Waals surface area contributed by atoms with E-state index in [1.165, 1.54) is 7.11 Å². The van der Waals surface area contributed by atoms with Crippen molar-refractivity contribution in [3.63, 3.8) is 0 Å². The fraction of sp³-hybridized carbons (Fsp3) is 0.263. The van der Waals surface area contributed by atoms with Gasteiger partial charge in [-0.25, -0.2) is 4.79 Å². The predicted molar refractivity (Wildman–Crippen MR) is 92.4 cm³/mol. The molecule has 0 aliphatic rings. The second-order valence-electron chi connectivity index (χ2n) is 5.54. The first-order valence-corrected chi connectivity index (χ1v) is 7.64. The summed E-state index contributed by atoms with van der Waals surface area (Å²) < 4.78 is 10.4. The Kier molecular flexibility index (Phi) is 5.58. The highest BCUT2D eigenvalue weighted by Gasteiger charge is 2.17. The number of hydrogen-bond donors (Lipinski definition) is 1. The number of para-hydroxylation sites is 1. The summed E-state index contributed by atoms with van der Waals surface area (Å²) in [6.45, 7) is 5.45. The van der Waals surface area contributed by atoms with Crippen LogP contribution in [0.5, 0.6) is 5.75 Å². The highest BCUT2D eigenvalue weighted by molar-refractivity contribution is 5.97. The summed E-state index contributed by atoms with van der Waals surface area (Å²) in [5.74, 6) is -0.0711. The molecule has 0 unspecified atom stereocenters. The number of ether oxygens (including phenoxy) is 2. The quantitative estimate of drug-likeness (QED) is 0.854. The molecule has 0 radical (unpaired) electrons. The molecule has 126 valence electrons. The van der Waals surface area contributed by atoms with Crippen LogP contribution < -0.4 is 10.1 Å². The van der Waals surface area contributed by atoms with Crippen molar-refractivity contribution in [2.24, 2.45) is 0 Å². The van der Waals surface area contributed by atoms with Crippen LogP contribution in [0.4, 0.5) is 5.69 Å². The average molecular weight is 327 g/mol. The van der Waals surface area contributed by atoms with Gasteiger partial charge in [0.15, 0.2) is 6.10 Å². The molecule has 5 nitrogen and oxygen atoms in total. The van der Waals surface area contributed by atoms with Gasteiger partial charge in [0, 0.05) is 5.69 Å². The molecule has 0 saturated carbocycles. The fourth-order valence-corrected chi connectivity index (χ4v) is 2.17. The Morgan fingerprint density at radius 3 is 2.42 bits per heavy atom. The highest BCUT2D eigenvalue weighted by Crippen LogP contribution is 2.20. The molecule has 2 aromatic carbocycles. The highest BCUT2D eigenvalue weighted by atomic mass is 16.5. The number of esters is 1. The number of benzene rings is 2. The van der Waals surface area contributed by atoms with Gasteiger partial charge in [0.2, 0.25) is 0 Å². The largest absolute Gasteiger partial charge is 0.481 e. The van der Waals surface area contributed by atoms with Gasteiger partial charge >= 0.3 is 5.97 Å². The number of nitrogens with one attached hydrogen (secondary N) is 1. The maximum absolute atomic E-state index is 12.4. The predicted octanol–water partition coefficient (Wildman–Crippen LogP) is 3.50. The maximum atomic E-state index is 12.4. The van der Waals surface area contributed by atoms with Crippen LogP contribution in [0.2, 0.25) is 0 Å². The van der Waals surface area contributed by atoms with Crippen molar-refractivity contribution < 1.29 is 19.1 Å². The van der Waals surface area contributed by atoms with Crippen LogP contribution in [0.3, 0.4) is 0 Å². The summed E-state index contributed by atoms with van der Waals surface area (Å²) in [6, 6.07) is 12.5. The second kappa shape index (κ2) is 7.64. The molecule has 2 rings (SSSR count). The number of aryl methyl sites for hydroxylation is 2. The van der Waals surface area contributed by atoms with E-state index >= 15 is 0 Å². The number of carbonyl (C=O) groups excluding carboxylic acids is 2. The molecule has 24 heavy (non-hydrogen) atoms. The van der Waals surface area contributed by atoms with Crippen molar-refractivity contribution in [1.82, 2.24) is 0 Å². The van der Waals surface area contributed by atoms with Crippen LogP contribution in [0.25, 0.3) is 0 Å². The van der Waals surface area contributed by atoms with E-state index < -0.39 is 12.1 Å². The van der Waals surface area contributed by atoms with Crippen molar-refractivity contribution in [3.05, 3.63) is 59.2 Å². The summed E-state index contributed by atoms with van der Waals surface area (Å²) in [7, 11) is 1.32. The molecule has 0 spiro atoms. The van der Waals surface area contributed by atoms with E-state index in [0.717, 1.165) is 11.1 Å². The Balaban J connectivity index is 2.11. The molecular formula is C19H21NO4. The lowest BCUT2D eigenvalue weighted by Crippen LogP contribution is -2.30. The third-order valence-electron chi connectivity index (χ3n) is 3.68. The Hall–Kier alpha value is -2.82. The molecule has 2 aromatic rings. The van der Waals surface area contributed by atoms with Crippen molar-refractivity contribution in [2.75, 3.05) is 12.4 Å². The number of anilines is 1. The lowest BCUT2D eigenvalue weighted by Gasteiger charge is -2.17. The normalized spacial score (nSPS) is 11.5. The maximum Gasteiger partial charge on any atom is 0.337 e. The van der Waals surface area contributed by atoms with Gasteiger partial charge < -0.3 is 14.8 Å². The van der Waals surface area contributed by atoms with E-state index in [-0.39, 0.29) is 5.91 Å². The summed E-state index contributed by atoms with van der Waals surface area (Å²) in [4.78, 5) is 24.0. The molecular weight excluding hydrogens is 306 g/mol. The molecule has 1 amide bonds. The topological polar surface area (TPSA) is 64.6 Å². The van der Waals surface area contributed by atoms with Gasteiger partial charge in [-0.3, -0.25) is 4.79 Å². The number of amides is 1. The molecule has 0 aromatic heterocycles. The monoisotopic (exact) mass is 327 g/mol. The van der Waals surface area contributed by atoms with Crippen LogP contribution >= 0.6 is 0 Å². The number of hydrogen-bond acceptors (Lipinski definition) is 4. The van der Waals surface area contributed by atoms with E-state index in [0.29, 0.717) is 17.0 Å². The zero-order valence-electron chi connectivity index (χ0n) is 14.3. The van der Waals surface area contributed by atoms with E-state index in [9.17, 15) is 9.59 Å². The molecule has 0 aliphatic carbocycles. The number of methoxy groups -OCH3 is 1. The fourth-order valence-electron chi connectivity index (χ4n) is 2.17. The van der Waals surface area contributed by atoms with Crippen molar-refractivity contribution >= 4 is 17.6 Å². The molecule has 1 atom stereocenters. The number of carbonyl (C=O) groups is 2. The van der Waals surface area contributed by atoms with Gasteiger partial charge in [0.05, 0.1) is 12.7 Å². The second-order valence-corrected chi connectivity index (χ2v) is 5.54. The molecule has 5 heteroatoms. The Labute approximate surface area is 141 Å². The third-order valence-corrected chi connectivity index (χ3v) is 3.68. The van der Waals surface area contributed by atoms with E-state index in [2.05, 4.69) is 5.32 Å².